The molecule has 0 saturated heterocycles. The smallest absolute Gasteiger partial charge is 0.243 e. The lowest BCUT2D eigenvalue weighted by Crippen LogP contribution is -2.19. The average molecular weight is 476 g/mol. The molecule has 1 aromatic heterocycles. The molecule has 7 heteroatoms. The maximum absolute atomic E-state index is 13.5. The molecule has 0 radical (unpaired) electrons. The van der Waals surface area contributed by atoms with Gasteiger partial charge in [0, 0.05) is 22.4 Å². The Hall–Kier alpha value is -3.08. The van der Waals surface area contributed by atoms with Crippen LogP contribution in [0.2, 0.25) is 0 Å². The summed E-state index contributed by atoms with van der Waals surface area (Å²) in [6, 6.07) is 19.4. The Morgan fingerprint density at radius 1 is 1.15 bits per heavy atom. The van der Waals surface area contributed by atoms with Crippen LogP contribution >= 0.6 is 23.1 Å². The molecule has 2 unspecified atom stereocenters. The fourth-order valence-corrected chi connectivity index (χ4v) is 6.47. The number of thiophene rings is 1. The SMILES string of the molecule is CC(=O)Nc1cccc(SC(C(=O)Nc2sc3c(c2C#N)CCC(C)C3)c2ccccc2)c1. The monoisotopic (exact) mass is 475 g/mol. The van der Waals surface area contributed by atoms with Crippen molar-refractivity contribution < 1.29 is 9.59 Å². The summed E-state index contributed by atoms with van der Waals surface area (Å²) in [6.07, 6.45) is 2.91. The molecule has 1 aliphatic carbocycles. The Balaban J connectivity index is 1.62. The second kappa shape index (κ2) is 10.2. The van der Waals surface area contributed by atoms with Crippen LogP contribution in [0.3, 0.4) is 0 Å². The summed E-state index contributed by atoms with van der Waals surface area (Å²) in [7, 11) is 0. The summed E-state index contributed by atoms with van der Waals surface area (Å²) < 4.78 is 0. The van der Waals surface area contributed by atoms with Crippen molar-refractivity contribution >= 4 is 45.6 Å². The second-order valence-corrected chi connectivity index (χ2v) is 10.6. The van der Waals surface area contributed by atoms with E-state index in [0.29, 0.717) is 22.2 Å². The molecule has 0 saturated carbocycles. The summed E-state index contributed by atoms with van der Waals surface area (Å²) in [4.78, 5) is 27.0. The number of amides is 2. The van der Waals surface area contributed by atoms with Crippen molar-refractivity contribution in [3.05, 3.63) is 76.2 Å². The number of rotatable bonds is 6. The summed E-state index contributed by atoms with van der Waals surface area (Å²) in [6.45, 7) is 3.69. The van der Waals surface area contributed by atoms with Gasteiger partial charge < -0.3 is 10.6 Å². The topological polar surface area (TPSA) is 82.0 Å². The number of carbonyl (C=O) groups excluding carboxylic acids is 2. The molecule has 1 heterocycles. The number of hydrogen-bond donors (Lipinski definition) is 2. The molecular formula is C26H25N3O2S2. The van der Waals surface area contributed by atoms with E-state index in [1.54, 1.807) is 0 Å². The Morgan fingerprint density at radius 3 is 2.67 bits per heavy atom. The summed E-state index contributed by atoms with van der Waals surface area (Å²) in [5, 5.41) is 15.8. The Kier molecular flexibility index (Phi) is 7.17. The molecule has 4 rings (SSSR count). The van der Waals surface area contributed by atoms with Crippen LogP contribution in [0.1, 0.15) is 47.1 Å². The van der Waals surface area contributed by atoms with Gasteiger partial charge in [0.1, 0.15) is 16.3 Å². The van der Waals surface area contributed by atoms with E-state index >= 15 is 0 Å². The molecule has 0 aliphatic heterocycles. The van der Waals surface area contributed by atoms with Crippen molar-refractivity contribution in [3.63, 3.8) is 0 Å². The molecule has 2 aromatic carbocycles. The highest BCUT2D eigenvalue weighted by Gasteiger charge is 2.28. The number of nitrogens with zero attached hydrogens (tertiary/aromatic N) is 1. The Morgan fingerprint density at radius 2 is 1.94 bits per heavy atom. The number of anilines is 2. The van der Waals surface area contributed by atoms with Gasteiger partial charge in [-0.05, 0) is 54.5 Å². The predicted octanol–water partition coefficient (Wildman–Crippen LogP) is 6.18. The summed E-state index contributed by atoms with van der Waals surface area (Å²) >= 11 is 2.95. The number of fused-ring (bicyclic) bond motifs is 1. The van der Waals surface area contributed by atoms with Crippen LogP contribution in [-0.2, 0) is 22.4 Å². The number of nitrogens with one attached hydrogen (secondary N) is 2. The molecule has 3 aromatic rings. The molecule has 2 amide bonds. The Bertz CT molecular complexity index is 1210. The van der Waals surface area contributed by atoms with Crippen molar-refractivity contribution in [2.45, 2.75) is 43.3 Å². The molecule has 2 N–H and O–H groups in total. The van der Waals surface area contributed by atoms with Crippen LogP contribution in [-0.4, -0.2) is 11.8 Å². The molecule has 0 fully saturated rings. The first-order chi connectivity index (χ1) is 15.9. The van der Waals surface area contributed by atoms with Gasteiger partial charge in [-0.2, -0.15) is 5.26 Å². The van der Waals surface area contributed by atoms with Crippen molar-refractivity contribution in [1.82, 2.24) is 0 Å². The molecule has 0 bridgehead atoms. The highest BCUT2D eigenvalue weighted by atomic mass is 32.2. The third-order valence-electron chi connectivity index (χ3n) is 5.61. The molecule has 0 spiro atoms. The minimum atomic E-state index is -0.511. The lowest BCUT2D eigenvalue weighted by Gasteiger charge is -2.17. The number of benzene rings is 2. The molecular weight excluding hydrogens is 450 g/mol. The van der Waals surface area contributed by atoms with Crippen LogP contribution in [0.4, 0.5) is 10.7 Å². The maximum Gasteiger partial charge on any atom is 0.243 e. The summed E-state index contributed by atoms with van der Waals surface area (Å²) in [5.74, 6) is 0.281. The van der Waals surface area contributed by atoms with Crippen molar-refractivity contribution in [1.29, 1.82) is 5.26 Å². The van der Waals surface area contributed by atoms with Gasteiger partial charge in [0.05, 0.1) is 5.56 Å². The third kappa shape index (κ3) is 5.47. The molecule has 5 nitrogen and oxygen atoms in total. The number of hydrogen-bond acceptors (Lipinski definition) is 5. The van der Waals surface area contributed by atoms with Crippen LogP contribution in [0, 0.1) is 17.2 Å². The minimum absolute atomic E-state index is 0.144. The van der Waals surface area contributed by atoms with E-state index in [2.05, 4.69) is 23.6 Å². The van der Waals surface area contributed by atoms with Gasteiger partial charge in [0.15, 0.2) is 0 Å². The fraction of sp³-hybridized carbons (Fsp3) is 0.269. The van der Waals surface area contributed by atoms with E-state index in [9.17, 15) is 14.9 Å². The first kappa shape index (κ1) is 23.1. The zero-order chi connectivity index (χ0) is 23.4. The van der Waals surface area contributed by atoms with Gasteiger partial charge >= 0.3 is 0 Å². The van der Waals surface area contributed by atoms with E-state index in [0.717, 1.165) is 35.3 Å². The van der Waals surface area contributed by atoms with Crippen LogP contribution in [0.5, 0.6) is 0 Å². The number of carbonyl (C=O) groups is 2. The Labute approximate surface area is 202 Å². The quantitative estimate of drug-likeness (QED) is 0.417. The highest BCUT2D eigenvalue weighted by Crippen LogP contribution is 2.41. The number of thioether (sulfide) groups is 1. The van der Waals surface area contributed by atoms with Gasteiger partial charge in [0.25, 0.3) is 0 Å². The van der Waals surface area contributed by atoms with Crippen molar-refractivity contribution in [2.75, 3.05) is 10.6 Å². The van der Waals surface area contributed by atoms with Crippen LogP contribution in [0.25, 0.3) is 0 Å². The third-order valence-corrected chi connectivity index (χ3v) is 8.03. The minimum Gasteiger partial charge on any atom is -0.326 e. The van der Waals surface area contributed by atoms with Gasteiger partial charge in [-0.25, -0.2) is 0 Å². The zero-order valence-electron chi connectivity index (χ0n) is 18.6. The first-order valence-electron chi connectivity index (χ1n) is 10.9. The molecule has 168 valence electrons. The van der Waals surface area contributed by atoms with E-state index in [-0.39, 0.29) is 11.8 Å². The largest absolute Gasteiger partial charge is 0.326 e. The highest BCUT2D eigenvalue weighted by molar-refractivity contribution is 8.00. The second-order valence-electron chi connectivity index (χ2n) is 8.27. The van der Waals surface area contributed by atoms with E-state index < -0.39 is 5.25 Å². The van der Waals surface area contributed by atoms with Crippen LogP contribution < -0.4 is 10.6 Å². The first-order valence-corrected chi connectivity index (χ1v) is 12.6. The molecule has 1 aliphatic rings. The standard InChI is InChI=1S/C26H25N3O2S2/c1-16-11-12-21-22(15-27)26(33-23(21)13-16)29-25(31)24(18-7-4-3-5-8-18)32-20-10-6-9-19(14-20)28-17(2)30/h3-10,14,16,24H,11-13H2,1-2H3,(H,28,30)(H,29,31). The lowest BCUT2D eigenvalue weighted by atomic mass is 9.88. The average Bonchev–Trinajstić information content (AvgIpc) is 3.13. The molecule has 33 heavy (non-hydrogen) atoms. The fourth-order valence-electron chi connectivity index (χ4n) is 4.02. The van der Waals surface area contributed by atoms with Gasteiger partial charge in [-0.3, -0.25) is 9.59 Å². The van der Waals surface area contributed by atoms with Crippen molar-refractivity contribution in [3.8, 4) is 6.07 Å². The lowest BCUT2D eigenvalue weighted by molar-refractivity contribution is -0.116. The van der Waals surface area contributed by atoms with E-state index in [1.165, 1.54) is 34.9 Å². The van der Waals surface area contributed by atoms with E-state index in [4.69, 9.17) is 0 Å². The van der Waals surface area contributed by atoms with Crippen LogP contribution in [0.15, 0.2) is 59.5 Å². The van der Waals surface area contributed by atoms with Crippen molar-refractivity contribution in [2.24, 2.45) is 5.92 Å². The zero-order valence-corrected chi connectivity index (χ0v) is 20.2. The predicted molar refractivity (Wildman–Crippen MR) is 135 cm³/mol. The molecule has 2 atom stereocenters. The van der Waals surface area contributed by atoms with E-state index in [1.807, 2.05) is 54.6 Å². The summed E-state index contributed by atoms with van der Waals surface area (Å²) in [5.41, 5.74) is 3.27. The van der Waals surface area contributed by atoms with Gasteiger partial charge in [0.2, 0.25) is 11.8 Å². The normalized spacial score (nSPS) is 15.7. The van der Waals surface area contributed by atoms with Gasteiger partial charge in [-0.1, -0.05) is 43.3 Å². The number of nitriles is 1. The van der Waals surface area contributed by atoms with Gasteiger partial charge in [-0.15, -0.1) is 23.1 Å². The maximum atomic E-state index is 13.5.